The largest absolute Gasteiger partial charge is 0.352 e. The molecular weight excluding hydrogens is 240 g/mol. The summed E-state index contributed by atoms with van der Waals surface area (Å²) < 4.78 is 1.85. The highest BCUT2D eigenvalue weighted by atomic mass is 16.2. The average Bonchev–Trinajstić information content (AvgIpc) is 3.02. The molecule has 5 heteroatoms. The molecule has 106 valence electrons. The third kappa shape index (κ3) is 4.67. The maximum absolute atomic E-state index is 11.9. The molecule has 0 bridgehead atoms. The van der Waals surface area contributed by atoms with E-state index in [1.165, 1.54) is 12.8 Å². The maximum atomic E-state index is 11.9. The van der Waals surface area contributed by atoms with Gasteiger partial charge in [0.25, 0.3) is 0 Å². The van der Waals surface area contributed by atoms with E-state index in [0.29, 0.717) is 12.6 Å². The van der Waals surface area contributed by atoms with Crippen molar-refractivity contribution < 1.29 is 4.79 Å². The van der Waals surface area contributed by atoms with E-state index in [4.69, 9.17) is 0 Å². The smallest absolute Gasteiger partial charge is 0.240 e. The Morgan fingerprint density at radius 1 is 1.47 bits per heavy atom. The predicted octanol–water partition coefficient (Wildman–Crippen LogP) is 1.44. The van der Waals surface area contributed by atoms with Crippen LogP contribution in [0, 0.1) is 0 Å². The second-order valence-electron chi connectivity index (χ2n) is 5.26. The summed E-state index contributed by atoms with van der Waals surface area (Å²) >= 11 is 0. The van der Waals surface area contributed by atoms with Gasteiger partial charge in [-0.05, 0) is 25.8 Å². The van der Waals surface area contributed by atoms with Gasteiger partial charge in [0, 0.05) is 18.8 Å². The van der Waals surface area contributed by atoms with Crippen molar-refractivity contribution >= 4 is 5.91 Å². The Morgan fingerprint density at radius 3 is 3.00 bits per heavy atom. The molecule has 1 aliphatic rings. The van der Waals surface area contributed by atoms with Gasteiger partial charge in [-0.25, -0.2) is 4.98 Å². The van der Waals surface area contributed by atoms with Gasteiger partial charge in [-0.3, -0.25) is 4.79 Å². The summed E-state index contributed by atoms with van der Waals surface area (Å²) in [5, 5.41) is 6.39. The zero-order valence-electron chi connectivity index (χ0n) is 11.7. The summed E-state index contributed by atoms with van der Waals surface area (Å²) in [4.78, 5) is 16.2. The Kier molecular flexibility index (Phi) is 5.39. The molecule has 1 amide bonds. The first-order valence-electron chi connectivity index (χ1n) is 7.28. The lowest BCUT2D eigenvalue weighted by Gasteiger charge is -2.11. The van der Waals surface area contributed by atoms with Crippen LogP contribution in [-0.2, 0) is 17.9 Å². The molecule has 0 radical (unpaired) electrons. The summed E-state index contributed by atoms with van der Waals surface area (Å²) in [6.45, 7) is 4.27. The Bertz CT molecular complexity index is 396. The van der Waals surface area contributed by atoms with Crippen LogP contribution in [0.5, 0.6) is 0 Å². The van der Waals surface area contributed by atoms with Crippen LogP contribution in [0.1, 0.15) is 44.7 Å². The van der Waals surface area contributed by atoms with Crippen LogP contribution >= 0.6 is 0 Å². The molecule has 0 aliphatic heterocycles. The molecule has 0 aromatic carbocycles. The molecule has 19 heavy (non-hydrogen) atoms. The van der Waals surface area contributed by atoms with Crippen molar-refractivity contribution in [3.8, 4) is 0 Å². The number of aromatic nitrogens is 2. The average molecular weight is 264 g/mol. The van der Waals surface area contributed by atoms with E-state index >= 15 is 0 Å². The van der Waals surface area contributed by atoms with Gasteiger partial charge >= 0.3 is 0 Å². The van der Waals surface area contributed by atoms with Gasteiger partial charge in [0.05, 0.1) is 12.0 Å². The van der Waals surface area contributed by atoms with Gasteiger partial charge in [-0.2, -0.15) is 0 Å². The lowest BCUT2D eigenvalue weighted by molar-refractivity contribution is -0.122. The van der Waals surface area contributed by atoms with Gasteiger partial charge in [-0.15, -0.1) is 0 Å². The molecule has 1 aliphatic carbocycles. The van der Waals surface area contributed by atoms with Crippen molar-refractivity contribution in [3.63, 3.8) is 0 Å². The summed E-state index contributed by atoms with van der Waals surface area (Å²) in [6.07, 6.45) is 9.52. The first-order valence-corrected chi connectivity index (χ1v) is 7.28. The molecule has 1 saturated carbocycles. The molecule has 1 heterocycles. The van der Waals surface area contributed by atoms with Crippen molar-refractivity contribution in [3.05, 3.63) is 18.2 Å². The Balaban J connectivity index is 1.73. The number of carbonyl (C=O) groups is 1. The molecule has 0 spiro atoms. The quantitative estimate of drug-likeness (QED) is 0.733. The minimum Gasteiger partial charge on any atom is -0.352 e. The van der Waals surface area contributed by atoms with E-state index in [1.54, 1.807) is 6.33 Å². The summed E-state index contributed by atoms with van der Waals surface area (Å²) in [5.74, 6) is 0.0948. The number of carbonyl (C=O) groups excluding carboxylic acids is 1. The van der Waals surface area contributed by atoms with Crippen molar-refractivity contribution in [2.24, 2.45) is 0 Å². The standard InChI is InChI=1S/C14H24N4O/c1-2-7-15-8-13-9-18(11-16-13)10-14(19)17-12-5-3-4-6-12/h9,11-12,15H,2-8,10H2,1H3,(H,17,19). The highest BCUT2D eigenvalue weighted by molar-refractivity contribution is 5.76. The number of amides is 1. The predicted molar refractivity (Wildman–Crippen MR) is 74.6 cm³/mol. The number of hydrogen-bond donors (Lipinski definition) is 2. The zero-order valence-corrected chi connectivity index (χ0v) is 11.7. The van der Waals surface area contributed by atoms with E-state index in [2.05, 4.69) is 22.5 Å². The Morgan fingerprint density at radius 2 is 2.26 bits per heavy atom. The molecule has 1 aromatic heterocycles. The molecule has 2 N–H and O–H groups in total. The van der Waals surface area contributed by atoms with Crippen LogP contribution < -0.4 is 10.6 Å². The molecule has 1 aromatic rings. The van der Waals surface area contributed by atoms with Crippen LogP contribution in [-0.4, -0.2) is 28.0 Å². The van der Waals surface area contributed by atoms with E-state index < -0.39 is 0 Å². The normalized spacial score (nSPS) is 15.8. The number of rotatable bonds is 7. The SMILES string of the molecule is CCCNCc1cn(CC(=O)NC2CCCC2)cn1. The van der Waals surface area contributed by atoms with E-state index in [9.17, 15) is 4.79 Å². The first kappa shape index (κ1) is 14.1. The van der Waals surface area contributed by atoms with E-state index in [0.717, 1.165) is 38.0 Å². The third-order valence-corrected chi connectivity index (χ3v) is 3.47. The highest BCUT2D eigenvalue weighted by Crippen LogP contribution is 2.17. The summed E-state index contributed by atoms with van der Waals surface area (Å²) in [7, 11) is 0. The Labute approximate surface area is 114 Å². The van der Waals surface area contributed by atoms with Crippen molar-refractivity contribution in [1.29, 1.82) is 0 Å². The van der Waals surface area contributed by atoms with E-state index in [-0.39, 0.29) is 5.91 Å². The van der Waals surface area contributed by atoms with Gasteiger partial charge in [-0.1, -0.05) is 19.8 Å². The monoisotopic (exact) mass is 264 g/mol. The molecule has 0 atom stereocenters. The topological polar surface area (TPSA) is 59.0 Å². The van der Waals surface area contributed by atoms with Crippen LogP contribution in [0.25, 0.3) is 0 Å². The highest BCUT2D eigenvalue weighted by Gasteiger charge is 2.17. The zero-order chi connectivity index (χ0) is 13.5. The summed E-state index contributed by atoms with van der Waals surface area (Å²) in [6, 6.07) is 0.390. The molecule has 1 fully saturated rings. The fraction of sp³-hybridized carbons (Fsp3) is 0.714. The summed E-state index contributed by atoms with van der Waals surface area (Å²) in [5.41, 5.74) is 0.988. The number of nitrogens with zero attached hydrogens (tertiary/aromatic N) is 2. The number of hydrogen-bond acceptors (Lipinski definition) is 3. The van der Waals surface area contributed by atoms with Crippen LogP contribution in [0.2, 0.25) is 0 Å². The number of nitrogens with one attached hydrogen (secondary N) is 2. The van der Waals surface area contributed by atoms with Crippen molar-refractivity contribution in [2.75, 3.05) is 6.54 Å². The number of imidazole rings is 1. The van der Waals surface area contributed by atoms with Gasteiger partial charge < -0.3 is 15.2 Å². The molecule has 2 rings (SSSR count). The van der Waals surface area contributed by atoms with Crippen LogP contribution in [0.3, 0.4) is 0 Å². The molecule has 5 nitrogen and oxygen atoms in total. The van der Waals surface area contributed by atoms with Crippen molar-refractivity contribution in [1.82, 2.24) is 20.2 Å². The molecule has 0 unspecified atom stereocenters. The van der Waals surface area contributed by atoms with Crippen LogP contribution in [0.15, 0.2) is 12.5 Å². The third-order valence-electron chi connectivity index (χ3n) is 3.47. The molecule has 0 saturated heterocycles. The lowest BCUT2D eigenvalue weighted by atomic mass is 10.2. The maximum Gasteiger partial charge on any atom is 0.240 e. The fourth-order valence-electron chi connectivity index (χ4n) is 2.49. The van der Waals surface area contributed by atoms with Gasteiger partial charge in [0.15, 0.2) is 0 Å². The fourth-order valence-corrected chi connectivity index (χ4v) is 2.49. The van der Waals surface area contributed by atoms with E-state index in [1.807, 2.05) is 10.8 Å². The first-order chi connectivity index (χ1) is 9.28. The Hall–Kier alpha value is -1.36. The second-order valence-corrected chi connectivity index (χ2v) is 5.26. The minimum atomic E-state index is 0.0948. The van der Waals surface area contributed by atoms with Gasteiger partial charge in [0.2, 0.25) is 5.91 Å². The minimum absolute atomic E-state index is 0.0948. The lowest BCUT2D eigenvalue weighted by Crippen LogP contribution is -2.34. The van der Waals surface area contributed by atoms with Crippen LogP contribution in [0.4, 0.5) is 0 Å². The van der Waals surface area contributed by atoms with Gasteiger partial charge in [0.1, 0.15) is 6.54 Å². The second kappa shape index (κ2) is 7.28. The molecular formula is C14H24N4O. The van der Waals surface area contributed by atoms with Crippen molar-refractivity contribution in [2.45, 2.75) is 58.2 Å².